The molecule has 0 aromatic rings. The van der Waals surface area contributed by atoms with Gasteiger partial charge in [-0.3, -0.25) is 4.79 Å². The monoisotopic (exact) mass is 186 g/mol. The van der Waals surface area contributed by atoms with E-state index in [9.17, 15) is 4.79 Å². The molecule has 0 bridgehead atoms. The number of carbonyl (C=O) groups excluding carboxylic acids is 1. The summed E-state index contributed by atoms with van der Waals surface area (Å²) in [6, 6.07) is 0. The molecule has 0 fully saturated rings. The number of hydrogen-bond donors (Lipinski definition) is 0. The van der Waals surface area contributed by atoms with E-state index in [2.05, 4.69) is 20.8 Å². The Kier molecular flexibility index (Phi) is 5.76. The number of carbonyl (C=O) groups is 1. The van der Waals surface area contributed by atoms with Gasteiger partial charge in [-0.15, -0.1) is 0 Å². The van der Waals surface area contributed by atoms with Gasteiger partial charge in [-0.2, -0.15) is 0 Å². The largest absolute Gasteiger partial charge is 0.463 e. The molecular weight excluding hydrogens is 164 g/mol. The third-order valence-corrected chi connectivity index (χ3v) is 2.35. The molecule has 0 amide bonds. The van der Waals surface area contributed by atoms with Crippen molar-refractivity contribution >= 4 is 5.97 Å². The molecule has 0 N–H and O–H groups in total. The Bertz CT molecular complexity index is 152. The van der Waals surface area contributed by atoms with Gasteiger partial charge < -0.3 is 4.74 Å². The summed E-state index contributed by atoms with van der Waals surface area (Å²) in [6.45, 7) is 9.99. The number of rotatable bonds is 5. The molecule has 0 aliphatic carbocycles. The Hall–Kier alpha value is -0.530. The number of hydrogen-bond acceptors (Lipinski definition) is 2. The SMILES string of the molecule is CC(=O)OC(C)C(C)CCC(C)C. The zero-order valence-corrected chi connectivity index (χ0v) is 9.46. The third-order valence-electron chi connectivity index (χ3n) is 2.35. The molecule has 0 saturated heterocycles. The summed E-state index contributed by atoms with van der Waals surface area (Å²) < 4.78 is 5.11. The van der Waals surface area contributed by atoms with Gasteiger partial charge in [0.05, 0.1) is 0 Å². The van der Waals surface area contributed by atoms with Crippen LogP contribution in [0, 0.1) is 11.8 Å². The van der Waals surface area contributed by atoms with Crippen molar-refractivity contribution in [2.75, 3.05) is 0 Å². The van der Waals surface area contributed by atoms with E-state index in [-0.39, 0.29) is 12.1 Å². The van der Waals surface area contributed by atoms with Crippen LogP contribution in [0.25, 0.3) is 0 Å². The molecule has 0 aromatic heterocycles. The van der Waals surface area contributed by atoms with Crippen LogP contribution in [0.4, 0.5) is 0 Å². The second-order valence-electron chi connectivity index (χ2n) is 4.26. The van der Waals surface area contributed by atoms with Crippen molar-refractivity contribution in [2.45, 2.75) is 53.6 Å². The molecule has 2 nitrogen and oxygen atoms in total. The highest BCUT2D eigenvalue weighted by Gasteiger charge is 2.14. The molecule has 2 atom stereocenters. The average molecular weight is 186 g/mol. The van der Waals surface area contributed by atoms with Gasteiger partial charge in [-0.1, -0.05) is 27.2 Å². The van der Waals surface area contributed by atoms with Crippen molar-refractivity contribution < 1.29 is 9.53 Å². The lowest BCUT2D eigenvalue weighted by Crippen LogP contribution is -2.21. The maximum Gasteiger partial charge on any atom is 0.302 e. The van der Waals surface area contributed by atoms with E-state index < -0.39 is 0 Å². The smallest absolute Gasteiger partial charge is 0.302 e. The van der Waals surface area contributed by atoms with Gasteiger partial charge in [0.2, 0.25) is 0 Å². The maximum absolute atomic E-state index is 10.7. The van der Waals surface area contributed by atoms with Crippen LogP contribution in [0.1, 0.15) is 47.5 Å². The first kappa shape index (κ1) is 12.5. The van der Waals surface area contributed by atoms with Crippen LogP contribution in [-0.4, -0.2) is 12.1 Å². The van der Waals surface area contributed by atoms with Gasteiger partial charge in [0.1, 0.15) is 6.10 Å². The highest BCUT2D eigenvalue weighted by molar-refractivity contribution is 5.66. The van der Waals surface area contributed by atoms with Crippen LogP contribution >= 0.6 is 0 Å². The quantitative estimate of drug-likeness (QED) is 0.617. The molecule has 78 valence electrons. The van der Waals surface area contributed by atoms with Crippen LogP contribution < -0.4 is 0 Å². The van der Waals surface area contributed by atoms with Crippen molar-refractivity contribution in [3.8, 4) is 0 Å². The first-order valence-corrected chi connectivity index (χ1v) is 5.10. The summed E-state index contributed by atoms with van der Waals surface area (Å²) in [5.74, 6) is 1.02. The lowest BCUT2D eigenvalue weighted by molar-refractivity contribution is -0.147. The minimum atomic E-state index is -0.177. The van der Waals surface area contributed by atoms with Crippen LogP contribution in [0.5, 0.6) is 0 Å². The predicted molar refractivity (Wildman–Crippen MR) is 54.5 cm³/mol. The molecule has 0 spiro atoms. The zero-order chi connectivity index (χ0) is 10.4. The van der Waals surface area contributed by atoms with Crippen LogP contribution in [0.3, 0.4) is 0 Å². The van der Waals surface area contributed by atoms with E-state index in [1.807, 2.05) is 6.92 Å². The summed E-state index contributed by atoms with van der Waals surface area (Å²) in [5.41, 5.74) is 0. The summed E-state index contributed by atoms with van der Waals surface area (Å²) in [4.78, 5) is 10.7. The lowest BCUT2D eigenvalue weighted by atomic mass is 9.95. The van der Waals surface area contributed by atoms with Crippen LogP contribution in [0.15, 0.2) is 0 Å². The van der Waals surface area contributed by atoms with Gasteiger partial charge in [0.25, 0.3) is 0 Å². The molecule has 0 radical (unpaired) electrons. The lowest BCUT2D eigenvalue weighted by Gasteiger charge is -2.20. The fraction of sp³-hybridized carbons (Fsp3) is 0.909. The fourth-order valence-electron chi connectivity index (χ4n) is 1.21. The Balaban J connectivity index is 3.68. The molecule has 0 saturated carbocycles. The minimum Gasteiger partial charge on any atom is -0.463 e. The van der Waals surface area contributed by atoms with Crippen molar-refractivity contribution in [3.63, 3.8) is 0 Å². The van der Waals surface area contributed by atoms with Gasteiger partial charge in [-0.25, -0.2) is 0 Å². The standard InChI is InChI=1S/C11H22O2/c1-8(2)6-7-9(3)10(4)13-11(5)12/h8-10H,6-7H2,1-5H3. The fourth-order valence-corrected chi connectivity index (χ4v) is 1.21. The van der Waals surface area contributed by atoms with E-state index in [0.717, 1.165) is 12.3 Å². The van der Waals surface area contributed by atoms with Gasteiger partial charge >= 0.3 is 5.97 Å². The molecule has 0 aliphatic rings. The van der Waals surface area contributed by atoms with Crippen molar-refractivity contribution in [1.29, 1.82) is 0 Å². The van der Waals surface area contributed by atoms with Crippen LogP contribution in [-0.2, 0) is 9.53 Å². The Morgan fingerprint density at radius 1 is 1.15 bits per heavy atom. The van der Waals surface area contributed by atoms with Crippen molar-refractivity contribution in [3.05, 3.63) is 0 Å². The first-order valence-electron chi connectivity index (χ1n) is 5.10. The molecule has 0 aromatic carbocycles. The highest BCUT2D eigenvalue weighted by atomic mass is 16.5. The van der Waals surface area contributed by atoms with E-state index in [1.54, 1.807) is 0 Å². The maximum atomic E-state index is 10.7. The van der Waals surface area contributed by atoms with E-state index in [0.29, 0.717) is 5.92 Å². The summed E-state index contributed by atoms with van der Waals surface area (Å²) in [6.07, 6.45) is 2.38. The Morgan fingerprint density at radius 3 is 2.08 bits per heavy atom. The van der Waals surface area contributed by atoms with Gasteiger partial charge in [-0.05, 0) is 25.2 Å². The van der Waals surface area contributed by atoms with Crippen molar-refractivity contribution in [1.82, 2.24) is 0 Å². The average Bonchev–Trinajstić information content (AvgIpc) is 1.98. The predicted octanol–water partition coefficient (Wildman–Crippen LogP) is 3.01. The molecule has 0 heterocycles. The first-order chi connectivity index (χ1) is 5.93. The Morgan fingerprint density at radius 2 is 1.69 bits per heavy atom. The topological polar surface area (TPSA) is 26.3 Å². The van der Waals surface area contributed by atoms with Crippen molar-refractivity contribution in [2.24, 2.45) is 11.8 Å². The molecule has 2 heteroatoms. The number of esters is 1. The highest BCUT2D eigenvalue weighted by Crippen LogP contribution is 2.17. The van der Waals surface area contributed by atoms with E-state index in [1.165, 1.54) is 13.3 Å². The van der Waals surface area contributed by atoms with Gasteiger partial charge in [0, 0.05) is 6.92 Å². The second kappa shape index (κ2) is 6.01. The van der Waals surface area contributed by atoms with E-state index >= 15 is 0 Å². The summed E-state index contributed by atoms with van der Waals surface area (Å²) in [5, 5.41) is 0. The zero-order valence-electron chi connectivity index (χ0n) is 9.46. The second-order valence-corrected chi connectivity index (χ2v) is 4.26. The molecule has 0 aliphatic heterocycles. The molecule has 2 unspecified atom stereocenters. The molecule has 0 rings (SSSR count). The normalized spacial score (nSPS) is 15.5. The Labute approximate surface area is 81.7 Å². The summed E-state index contributed by atoms with van der Waals surface area (Å²) >= 11 is 0. The van der Waals surface area contributed by atoms with Crippen LogP contribution in [0.2, 0.25) is 0 Å². The number of ether oxygens (including phenoxy) is 1. The van der Waals surface area contributed by atoms with Gasteiger partial charge in [0.15, 0.2) is 0 Å². The third kappa shape index (κ3) is 6.62. The van der Waals surface area contributed by atoms with E-state index in [4.69, 9.17) is 4.74 Å². The minimum absolute atomic E-state index is 0.0521. The molecular formula is C11H22O2. The summed E-state index contributed by atoms with van der Waals surface area (Å²) in [7, 11) is 0. The molecule has 13 heavy (non-hydrogen) atoms.